The molecule has 1 spiro atoms. The van der Waals surface area contributed by atoms with Crippen LogP contribution in [0.1, 0.15) is 23.5 Å². The number of benzene rings is 1. The number of aromatic nitrogens is 1. The van der Waals surface area contributed by atoms with E-state index in [1.807, 2.05) is 0 Å². The van der Waals surface area contributed by atoms with Gasteiger partial charge < -0.3 is 10.1 Å². The van der Waals surface area contributed by atoms with Crippen LogP contribution >= 0.6 is 0 Å². The number of aromatic amines is 1. The molecule has 0 amide bonds. The van der Waals surface area contributed by atoms with E-state index in [2.05, 4.69) is 34.3 Å². The van der Waals surface area contributed by atoms with Crippen LogP contribution in [0.15, 0.2) is 24.4 Å². The van der Waals surface area contributed by atoms with E-state index in [1.54, 1.807) is 0 Å². The Kier molecular flexibility index (Phi) is 1.77. The molecule has 19 heavy (non-hydrogen) atoms. The molecule has 2 fully saturated rings. The molecule has 0 bridgehead atoms. The number of H-pyrrole nitrogens is 1. The van der Waals surface area contributed by atoms with Crippen LogP contribution < -0.4 is 0 Å². The third kappa shape index (κ3) is 1.16. The second kappa shape index (κ2) is 3.22. The number of aliphatic hydroxyl groups excluding tert-OH is 1. The van der Waals surface area contributed by atoms with Crippen LogP contribution in [-0.2, 0) is 6.42 Å². The van der Waals surface area contributed by atoms with E-state index in [4.69, 9.17) is 0 Å². The standard InChI is InChI=1S/C16H18N2O/c19-8-10-4-13-12-2-1-3-14-15(12)11(6-17-14)5-16(13)9-18(16)7-10/h1-3,6,10,13,17,19H,4-5,7-9H2/t10-,13?,16+,18?/m1/s1. The Morgan fingerprint density at radius 3 is 3.26 bits per heavy atom. The molecule has 1 aliphatic carbocycles. The largest absolute Gasteiger partial charge is 0.396 e. The molecule has 4 atom stereocenters. The average Bonchev–Trinajstić information content (AvgIpc) is 3.00. The minimum Gasteiger partial charge on any atom is -0.396 e. The van der Waals surface area contributed by atoms with E-state index in [0.29, 0.717) is 24.0 Å². The lowest BCUT2D eigenvalue weighted by atomic mass is 9.70. The van der Waals surface area contributed by atoms with Crippen molar-refractivity contribution in [3.8, 4) is 0 Å². The number of hydrogen-bond acceptors (Lipinski definition) is 2. The van der Waals surface area contributed by atoms with Crippen molar-refractivity contribution >= 4 is 10.9 Å². The summed E-state index contributed by atoms with van der Waals surface area (Å²) in [6, 6.07) is 6.66. The molecule has 3 aliphatic rings. The number of nitrogens with one attached hydrogen (secondary N) is 1. The Bertz CT molecular complexity index is 676. The molecular weight excluding hydrogens is 236 g/mol. The van der Waals surface area contributed by atoms with E-state index in [-0.39, 0.29) is 0 Å². The molecule has 0 radical (unpaired) electrons. The predicted octanol–water partition coefficient (Wildman–Crippen LogP) is 1.87. The number of hydrogen-bond donors (Lipinski definition) is 2. The van der Waals surface area contributed by atoms with Crippen LogP contribution in [0.4, 0.5) is 0 Å². The van der Waals surface area contributed by atoms with Gasteiger partial charge in [0.25, 0.3) is 0 Å². The Morgan fingerprint density at radius 1 is 1.42 bits per heavy atom. The lowest BCUT2D eigenvalue weighted by molar-refractivity contribution is 0.139. The monoisotopic (exact) mass is 254 g/mol. The topological polar surface area (TPSA) is 39.0 Å². The second-order valence-corrected chi connectivity index (χ2v) is 6.58. The Morgan fingerprint density at radius 2 is 2.37 bits per heavy atom. The zero-order valence-corrected chi connectivity index (χ0v) is 10.9. The Hall–Kier alpha value is -1.32. The van der Waals surface area contributed by atoms with Gasteiger partial charge in [-0.1, -0.05) is 12.1 Å². The van der Waals surface area contributed by atoms with Crippen LogP contribution in [-0.4, -0.2) is 40.2 Å². The molecule has 3 heterocycles. The van der Waals surface area contributed by atoms with Crippen molar-refractivity contribution in [3.63, 3.8) is 0 Å². The van der Waals surface area contributed by atoms with Crippen molar-refractivity contribution < 1.29 is 5.11 Å². The van der Waals surface area contributed by atoms with Crippen LogP contribution in [0.5, 0.6) is 0 Å². The number of piperidine rings is 1. The highest BCUT2D eigenvalue weighted by Gasteiger charge is 2.62. The van der Waals surface area contributed by atoms with Crippen molar-refractivity contribution in [2.45, 2.75) is 24.3 Å². The smallest absolute Gasteiger partial charge is 0.0471 e. The summed E-state index contributed by atoms with van der Waals surface area (Å²) in [6.45, 7) is 2.64. The molecule has 2 unspecified atom stereocenters. The Balaban J connectivity index is 1.73. The van der Waals surface area contributed by atoms with Crippen molar-refractivity contribution in [2.75, 3.05) is 19.7 Å². The first kappa shape index (κ1) is 10.5. The van der Waals surface area contributed by atoms with Gasteiger partial charge in [0.15, 0.2) is 0 Å². The minimum absolute atomic E-state index is 0.332. The summed E-state index contributed by atoms with van der Waals surface area (Å²) in [5.41, 5.74) is 4.67. The minimum atomic E-state index is 0.332. The fourth-order valence-electron chi connectivity index (χ4n) is 4.70. The first-order valence-electron chi connectivity index (χ1n) is 7.26. The van der Waals surface area contributed by atoms with Crippen molar-refractivity contribution in [3.05, 3.63) is 35.5 Å². The van der Waals surface area contributed by atoms with Gasteiger partial charge >= 0.3 is 0 Å². The summed E-state index contributed by atoms with van der Waals surface area (Å²) < 4.78 is 0. The summed E-state index contributed by atoms with van der Waals surface area (Å²) >= 11 is 0. The van der Waals surface area contributed by atoms with E-state index in [0.717, 1.165) is 13.0 Å². The maximum absolute atomic E-state index is 9.53. The third-order valence-electron chi connectivity index (χ3n) is 5.64. The lowest BCUT2D eigenvalue weighted by Gasteiger charge is -2.39. The number of nitrogens with zero attached hydrogens (tertiary/aromatic N) is 1. The van der Waals surface area contributed by atoms with Gasteiger partial charge in [0.1, 0.15) is 0 Å². The van der Waals surface area contributed by atoms with Crippen LogP contribution in [0.2, 0.25) is 0 Å². The highest BCUT2D eigenvalue weighted by Crippen LogP contribution is 2.57. The second-order valence-electron chi connectivity index (χ2n) is 6.58. The molecule has 2 aliphatic heterocycles. The van der Waals surface area contributed by atoms with Gasteiger partial charge in [0.2, 0.25) is 0 Å². The Labute approximate surface area is 112 Å². The molecule has 1 aromatic carbocycles. The highest BCUT2D eigenvalue weighted by molar-refractivity contribution is 5.89. The predicted molar refractivity (Wildman–Crippen MR) is 74.2 cm³/mol. The van der Waals surface area contributed by atoms with Gasteiger partial charge in [-0.15, -0.1) is 0 Å². The fraction of sp³-hybridized carbons (Fsp3) is 0.500. The molecule has 3 heteroatoms. The maximum atomic E-state index is 9.53. The quantitative estimate of drug-likeness (QED) is 0.763. The molecule has 2 saturated heterocycles. The normalized spacial score (nSPS) is 38.9. The van der Waals surface area contributed by atoms with Gasteiger partial charge in [-0.2, -0.15) is 0 Å². The summed E-state index contributed by atoms with van der Waals surface area (Å²) in [4.78, 5) is 6.02. The van der Waals surface area contributed by atoms with E-state index < -0.39 is 0 Å². The number of fused-ring (bicyclic) bond motifs is 1. The van der Waals surface area contributed by atoms with Crippen molar-refractivity contribution in [1.29, 1.82) is 0 Å². The molecular formula is C16H18N2O. The highest BCUT2D eigenvalue weighted by atomic mass is 16.3. The van der Waals surface area contributed by atoms with E-state index in [9.17, 15) is 5.11 Å². The van der Waals surface area contributed by atoms with Crippen LogP contribution in [0, 0.1) is 5.92 Å². The first-order valence-corrected chi connectivity index (χ1v) is 7.26. The molecule has 3 nitrogen and oxygen atoms in total. The molecule has 5 rings (SSSR count). The molecule has 98 valence electrons. The van der Waals surface area contributed by atoms with Gasteiger partial charge in [0, 0.05) is 48.3 Å². The van der Waals surface area contributed by atoms with Gasteiger partial charge in [-0.05, 0) is 36.0 Å². The van der Waals surface area contributed by atoms with Crippen molar-refractivity contribution in [2.24, 2.45) is 5.92 Å². The summed E-state index contributed by atoms with van der Waals surface area (Å²) in [5, 5.41) is 11.0. The van der Waals surface area contributed by atoms with Gasteiger partial charge in [-0.3, -0.25) is 4.90 Å². The van der Waals surface area contributed by atoms with Crippen LogP contribution in [0.25, 0.3) is 10.9 Å². The molecule has 1 aromatic heterocycles. The maximum Gasteiger partial charge on any atom is 0.0471 e. The summed E-state index contributed by atoms with van der Waals surface area (Å²) in [7, 11) is 0. The average molecular weight is 254 g/mol. The fourth-order valence-corrected chi connectivity index (χ4v) is 4.70. The van der Waals surface area contributed by atoms with E-state index in [1.165, 1.54) is 35.0 Å². The molecule has 2 aromatic rings. The summed E-state index contributed by atoms with van der Waals surface area (Å²) in [6.07, 6.45) is 4.54. The SMILES string of the molecule is OC[C@@H]1CC2c3cccc4[nH]cc(c34)C[C@]23CN3C1. The van der Waals surface area contributed by atoms with Crippen molar-refractivity contribution in [1.82, 2.24) is 9.88 Å². The molecule has 2 N–H and O–H groups in total. The third-order valence-corrected chi connectivity index (χ3v) is 5.64. The first-order chi connectivity index (χ1) is 9.32. The molecule has 0 saturated carbocycles. The zero-order valence-electron chi connectivity index (χ0n) is 10.9. The number of aliphatic hydroxyl groups is 1. The van der Waals surface area contributed by atoms with Gasteiger partial charge in [-0.25, -0.2) is 0 Å². The van der Waals surface area contributed by atoms with Gasteiger partial charge in [0.05, 0.1) is 0 Å². The summed E-state index contributed by atoms with van der Waals surface area (Å²) in [5.74, 6) is 1.07. The number of rotatable bonds is 1. The zero-order chi connectivity index (χ0) is 12.6. The van der Waals surface area contributed by atoms with E-state index >= 15 is 0 Å². The lowest BCUT2D eigenvalue weighted by Crippen LogP contribution is -2.41. The van der Waals surface area contributed by atoms with Crippen LogP contribution in [0.3, 0.4) is 0 Å².